The van der Waals surface area contributed by atoms with Gasteiger partial charge in [-0.3, -0.25) is 4.90 Å². The van der Waals surface area contributed by atoms with Gasteiger partial charge in [-0.05, 0) is 69.9 Å². The minimum atomic E-state index is -1.04. The number of halogens is 1. The average molecular weight is 676 g/mol. The monoisotopic (exact) mass is 675 g/mol. The lowest BCUT2D eigenvalue weighted by Crippen LogP contribution is -2.21. The highest BCUT2D eigenvalue weighted by Crippen LogP contribution is 2.29. The lowest BCUT2D eigenvalue weighted by atomic mass is 10.2. The van der Waals surface area contributed by atoms with Crippen molar-refractivity contribution in [2.24, 2.45) is 0 Å². The van der Waals surface area contributed by atoms with E-state index in [0.717, 1.165) is 20.9 Å². The fourth-order valence-electron chi connectivity index (χ4n) is 4.32. The molecule has 2 aromatic carbocycles. The molecule has 0 amide bonds. The quantitative estimate of drug-likeness (QED) is 0.109. The summed E-state index contributed by atoms with van der Waals surface area (Å²) in [5.41, 5.74) is 3.09. The molecule has 0 aliphatic rings. The average Bonchev–Trinajstić information content (AvgIpc) is 3.64. The molecule has 5 rings (SSSR count). The Morgan fingerprint density at radius 1 is 1.11 bits per heavy atom. The van der Waals surface area contributed by atoms with Crippen molar-refractivity contribution in [1.29, 1.82) is 0 Å². The number of aryl methyl sites for hydroxylation is 1. The van der Waals surface area contributed by atoms with Gasteiger partial charge in [0, 0.05) is 16.9 Å². The Kier molecular flexibility index (Phi) is 11.3. The number of aliphatic hydroxyl groups excluding tert-OH is 1. The molecule has 0 aliphatic carbocycles. The van der Waals surface area contributed by atoms with Crippen LogP contribution in [0.2, 0.25) is 0 Å². The topological polar surface area (TPSA) is 135 Å². The molecule has 3 heterocycles. The van der Waals surface area contributed by atoms with Gasteiger partial charge in [0.05, 0.1) is 41.7 Å². The van der Waals surface area contributed by atoms with Crippen LogP contribution in [0.5, 0.6) is 5.75 Å². The molecule has 0 spiro atoms. The van der Waals surface area contributed by atoms with Crippen molar-refractivity contribution in [2.45, 2.75) is 32.9 Å². The Bertz CT molecular complexity index is 1890. The summed E-state index contributed by atoms with van der Waals surface area (Å²) in [6, 6.07) is 14.2. The van der Waals surface area contributed by atoms with Crippen molar-refractivity contribution < 1.29 is 23.8 Å². The number of thiazole rings is 2. The highest BCUT2D eigenvalue weighted by molar-refractivity contribution is 7.22. The number of aromatic nitrogens is 4. The van der Waals surface area contributed by atoms with E-state index < -0.39 is 17.9 Å². The second-order valence-corrected chi connectivity index (χ2v) is 12.8. The number of benzene rings is 2. The van der Waals surface area contributed by atoms with Gasteiger partial charge in [0.1, 0.15) is 6.61 Å². The number of nitrogens with zero attached hydrogens (tertiary/aromatic N) is 5. The molecular formula is C33H34FN7O4S2. The zero-order valence-electron chi connectivity index (χ0n) is 26.3. The predicted molar refractivity (Wildman–Crippen MR) is 182 cm³/mol. The van der Waals surface area contributed by atoms with Crippen molar-refractivity contribution in [1.82, 2.24) is 25.1 Å². The van der Waals surface area contributed by atoms with Crippen LogP contribution in [0, 0.1) is 24.6 Å². The highest BCUT2D eigenvalue weighted by Gasteiger charge is 2.22. The van der Waals surface area contributed by atoms with Gasteiger partial charge in [0.15, 0.2) is 33.3 Å². The number of aliphatic hydroxyl groups is 1. The first kappa shape index (κ1) is 33.7. The molecule has 0 radical (unpaired) electrons. The second-order valence-electron chi connectivity index (χ2n) is 10.7. The zero-order chi connectivity index (χ0) is 33.3. The predicted octanol–water partition coefficient (Wildman–Crippen LogP) is 5.42. The molecule has 1 atom stereocenters. The Balaban J connectivity index is 1.20. The van der Waals surface area contributed by atoms with Gasteiger partial charge < -0.3 is 25.2 Å². The maximum atomic E-state index is 14.6. The molecule has 5 aromatic rings. The van der Waals surface area contributed by atoms with E-state index in [1.165, 1.54) is 34.8 Å². The van der Waals surface area contributed by atoms with Crippen LogP contribution in [-0.2, 0) is 17.7 Å². The van der Waals surface area contributed by atoms with Crippen LogP contribution in [0.1, 0.15) is 39.1 Å². The number of hydrogen-bond donors (Lipinski definition) is 3. The molecule has 1 unspecified atom stereocenters. The molecule has 0 saturated heterocycles. The summed E-state index contributed by atoms with van der Waals surface area (Å²) in [4.78, 5) is 24.1. The molecule has 14 heteroatoms. The normalized spacial score (nSPS) is 11.6. The Hall–Kier alpha value is -4.68. The lowest BCUT2D eigenvalue weighted by molar-refractivity contribution is 0.0517. The van der Waals surface area contributed by atoms with Crippen LogP contribution in [0.3, 0.4) is 0 Å². The molecule has 0 fully saturated rings. The van der Waals surface area contributed by atoms with Crippen LogP contribution < -0.4 is 15.4 Å². The smallest absolute Gasteiger partial charge is 0.358 e. The van der Waals surface area contributed by atoms with Gasteiger partial charge in [0.25, 0.3) is 0 Å². The van der Waals surface area contributed by atoms with Crippen molar-refractivity contribution >= 4 is 54.9 Å². The third-order valence-electron chi connectivity index (χ3n) is 6.55. The fourth-order valence-corrected chi connectivity index (χ4v) is 6.20. The number of anilines is 3. The largest absolute Gasteiger partial charge is 0.488 e. The third kappa shape index (κ3) is 9.20. The second kappa shape index (κ2) is 15.7. The summed E-state index contributed by atoms with van der Waals surface area (Å²) >= 11 is 2.75. The molecular weight excluding hydrogens is 642 g/mol. The first-order chi connectivity index (χ1) is 22.7. The molecule has 244 valence electrons. The van der Waals surface area contributed by atoms with E-state index in [1.807, 2.05) is 56.3 Å². The number of rotatable bonds is 13. The molecule has 0 bridgehead atoms. The van der Waals surface area contributed by atoms with Gasteiger partial charge >= 0.3 is 5.97 Å². The summed E-state index contributed by atoms with van der Waals surface area (Å²) in [7, 11) is 3.80. The third-order valence-corrected chi connectivity index (χ3v) is 8.54. The summed E-state index contributed by atoms with van der Waals surface area (Å²) in [6.45, 7) is 4.46. The Labute approximate surface area is 279 Å². The Morgan fingerprint density at radius 3 is 2.68 bits per heavy atom. The number of nitrogens with one attached hydrogen (secondary N) is 2. The van der Waals surface area contributed by atoms with Gasteiger partial charge in [-0.2, -0.15) is 5.10 Å². The maximum absolute atomic E-state index is 14.6. The van der Waals surface area contributed by atoms with E-state index in [0.29, 0.717) is 40.2 Å². The van der Waals surface area contributed by atoms with E-state index in [1.54, 1.807) is 13.0 Å². The van der Waals surface area contributed by atoms with Crippen molar-refractivity contribution in [3.05, 3.63) is 81.7 Å². The number of fused-ring (bicyclic) bond motifs is 1. The van der Waals surface area contributed by atoms with E-state index in [9.17, 15) is 14.3 Å². The molecule has 3 N–H and O–H groups in total. The molecule has 47 heavy (non-hydrogen) atoms. The summed E-state index contributed by atoms with van der Waals surface area (Å²) in [5, 5.41) is 27.0. The highest BCUT2D eigenvalue weighted by atomic mass is 32.1. The molecule has 0 aliphatic heterocycles. The van der Waals surface area contributed by atoms with E-state index in [4.69, 9.17) is 9.47 Å². The molecule has 11 nitrogen and oxygen atoms in total. The standard InChI is InChI=1S/C33H34FN7O4S2/c1-5-44-31(43)29-28(17-23(42)19-45-26-13-12-21(16-24(26)34)9-8-14-41(3)4)47-32(37-29)35-18-22-15-20(2)30(40-39-22)38-33-36-25-10-6-7-11-27(25)46-33/h6-7,10-13,15-16,23,42H,5,14,17-19H2,1-4H3,(H,35,37)(H,36,38,40). The van der Waals surface area contributed by atoms with Crippen LogP contribution >= 0.6 is 22.7 Å². The van der Waals surface area contributed by atoms with Gasteiger partial charge in [-0.15, -0.1) is 16.4 Å². The lowest BCUT2D eigenvalue weighted by Gasteiger charge is -2.13. The van der Waals surface area contributed by atoms with Crippen molar-refractivity contribution in [3.63, 3.8) is 0 Å². The number of para-hydroxylation sites is 1. The fraction of sp³-hybridized carbons (Fsp3) is 0.303. The van der Waals surface area contributed by atoms with E-state index >= 15 is 0 Å². The number of esters is 1. The first-order valence-corrected chi connectivity index (χ1v) is 16.4. The number of carbonyl (C=O) groups is 1. The molecule has 0 saturated carbocycles. The number of ether oxygens (including phenoxy) is 2. The first-order valence-electron chi connectivity index (χ1n) is 14.8. The zero-order valence-corrected chi connectivity index (χ0v) is 28.0. The van der Waals surface area contributed by atoms with Gasteiger partial charge in [0.2, 0.25) is 0 Å². The SMILES string of the molecule is CCOC(=O)c1nc(NCc2cc(C)c(Nc3nc4ccccc4s3)nn2)sc1CC(O)COc1ccc(C#CCN(C)C)cc1F. The van der Waals surface area contributed by atoms with Gasteiger partial charge in [-0.1, -0.05) is 35.3 Å². The number of hydrogen-bond acceptors (Lipinski definition) is 13. The van der Waals surface area contributed by atoms with Crippen molar-refractivity contribution in [3.8, 4) is 17.6 Å². The van der Waals surface area contributed by atoms with Crippen LogP contribution in [0.25, 0.3) is 10.2 Å². The summed E-state index contributed by atoms with van der Waals surface area (Å²) in [6.07, 6.45) is -0.992. The van der Waals surface area contributed by atoms with Crippen LogP contribution in [0.15, 0.2) is 48.5 Å². The van der Waals surface area contributed by atoms with Gasteiger partial charge in [-0.25, -0.2) is 19.2 Å². The van der Waals surface area contributed by atoms with Crippen LogP contribution in [0.4, 0.5) is 20.5 Å². The van der Waals surface area contributed by atoms with E-state index in [-0.39, 0.29) is 31.1 Å². The number of carbonyl (C=O) groups excluding carboxylic acids is 1. The van der Waals surface area contributed by atoms with E-state index in [2.05, 4.69) is 42.6 Å². The maximum Gasteiger partial charge on any atom is 0.358 e. The van der Waals surface area contributed by atoms with Crippen LogP contribution in [-0.4, -0.2) is 76.1 Å². The van der Waals surface area contributed by atoms with Crippen molar-refractivity contribution in [2.75, 3.05) is 44.5 Å². The minimum absolute atomic E-state index is 0.00260. The molecule has 3 aromatic heterocycles. The summed E-state index contributed by atoms with van der Waals surface area (Å²) < 4.78 is 26.4. The minimum Gasteiger partial charge on any atom is -0.488 e. The summed E-state index contributed by atoms with van der Waals surface area (Å²) in [5.74, 6) is 5.29. The Morgan fingerprint density at radius 2 is 1.94 bits per heavy atom.